The highest BCUT2D eigenvalue weighted by molar-refractivity contribution is 5.87. The molecule has 0 spiro atoms. The van der Waals surface area contributed by atoms with Crippen molar-refractivity contribution < 1.29 is 19.4 Å². The van der Waals surface area contributed by atoms with Crippen LogP contribution in [0.5, 0.6) is 0 Å². The van der Waals surface area contributed by atoms with Gasteiger partial charge in [-0.05, 0) is 19.1 Å². The van der Waals surface area contributed by atoms with Crippen molar-refractivity contribution >= 4 is 23.7 Å². The van der Waals surface area contributed by atoms with Crippen molar-refractivity contribution in [3.05, 3.63) is 23.9 Å². The van der Waals surface area contributed by atoms with Crippen molar-refractivity contribution in [1.29, 1.82) is 0 Å². The first-order chi connectivity index (χ1) is 8.60. The normalized spacial score (nSPS) is 10.3. The Labute approximate surface area is 101 Å². The summed E-state index contributed by atoms with van der Waals surface area (Å²) in [6, 6.07) is 2.90. The van der Waals surface area contributed by atoms with Crippen LogP contribution in [0.1, 0.15) is 17.3 Å². The summed E-state index contributed by atoms with van der Waals surface area (Å²) in [5, 5.41) is 15.1. The summed E-state index contributed by atoms with van der Waals surface area (Å²) in [6.07, 6.45) is 0.646. The monoisotopic (exact) mass is 250 g/mol. The predicted molar refractivity (Wildman–Crippen MR) is 60.6 cm³/mol. The van der Waals surface area contributed by atoms with Gasteiger partial charge in [0.1, 0.15) is 0 Å². The average molecular weight is 250 g/mol. The van der Waals surface area contributed by atoms with Gasteiger partial charge in [0.05, 0.1) is 12.2 Å². The third-order valence-corrected chi connectivity index (χ3v) is 2.07. The van der Waals surface area contributed by atoms with Gasteiger partial charge in [0.2, 0.25) is 0 Å². The number of ether oxygens (including phenoxy) is 1. The van der Waals surface area contributed by atoms with Crippen LogP contribution in [0.2, 0.25) is 0 Å². The maximum absolute atomic E-state index is 11.1. The number of carboxylic acids is 1. The van der Waals surface area contributed by atoms with E-state index in [0.29, 0.717) is 5.65 Å². The van der Waals surface area contributed by atoms with E-state index >= 15 is 0 Å². The summed E-state index contributed by atoms with van der Waals surface area (Å²) >= 11 is 0. The number of carbonyl (C=O) groups excluding carboxylic acids is 1. The second kappa shape index (κ2) is 4.70. The molecule has 0 saturated carbocycles. The summed E-state index contributed by atoms with van der Waals surface area (Å²) in [5.74, 6) is -1.01. The second-order valence-corrected chi connectivity index (χ2v) is 3.31. The molecule has 18 heavy (non-hydrogen) atoms. The van der Waals surface area contributed by atoms with Crippen LogP contribution in [0.3, 0.4) is 0 Å². The third kappa shape index (κ3) is 2.37. The van der Waals surface area contributed by atoms with Gasteiger partial charge >= 0.3 is 12.1 Å². The Morgan fingerprint density at radius 2 is 2.28 bits per heavy atom. The minimum Gasteiger partial charge on any atom is -0.478 e. The van der Waals surface area contributed by atoms with E-state index in [9.17, 15) is 9.59 Å². The number of aromatic carboxylic acids is 1. The van der Waals surface area contributed by atoms with E-state index in [1.165, 1.54) is 22.8 Å². The fraction of sp³-hybridized carbons (Fsp3) is 0.200. The molecule has 8 nitrogen and oxygen atoms in total. The van der Waals surface area contributed by atoms with Crippen LogP contribution in [0.15, 0.2) is 18.3 Å². The molecule has 0 aromatic carbocycles. The number of amides is 1. The highest BCUT2D eigenvalue weighted by Gasteiger charge is 2.10. The summed E-state index contributed by atoms with van der Waals surface area (Å²) in [4.78, 5) is 25.9. The molecule has 0 aliphatic rings. The van der Waals surface area contributed by atoms with Crippen molar-refractivity contribution in [2.45, 2.75) is 6.92 Å². The number of rotatable bonds is 3. The van der Waals surface area contributed by atoms with Gasteiger partial charge < -0.3 is 9.84 Å². The predicted octanol–water partition coefficient (Wildman–Crippen LogP) is 0.996. The van der Waals surface area contributed by atoms with Crippen LogP contribution in [-0.2, 0) is 4.74 Å². The molecule has 8 heteroatoms. The molecule has 2 aromatic rings. The summed E-state index contributed by atoms with van der Waals surface area (Å²) < 4.78 is 5.94. The number of hydrogen-bond acceptors (Lipinski definition) is 5. The number of carbonyl (C=O) groups is 2. The molecule has 0 unspecified atom stereocenters. The van der Waals surface area contributed by atoms with Gasteiger partial charge in [-0.1, -0.05) is 0 Å². The molecule has 0 atom stereocenters. The Balaban J connectivity index is 2.27. The van der Waals surface area contributed by atoms with E-state index in [1.54, 1.807) is 6.92 Å². The van der Waals surface area contributed by atoms with E-state index in [2.05, 4.69) is 20.1 Å². The van der Waals surface area contributed by atoms with Gasteiger partial charge in [0.15, 0.2) is 5.65 Å². The van der Waals surface area contributed by atoms with Crippen molar-refractivity contribution in [1.82, 2.24) is 14.6 Å². The molecule has 0 bridgehead atoms. The van der Waals surface area contributed by atoms with E-state index in [0.717, 1.165) is 0 Å². The lowest BCUT2D eigenvalue weighted by atomic mass is 10.3. The lowest BCUT2D eigenvalue weighted by Crippen LogP contribution is -2.14. The molecule has 0 radical (unpaired) electrons. The molecular formula is C10H10N4O4. The lowest BCUT2D eigenvalue weighted by molar-refractivity contribution is 0.0696. The van der Waals surface area contributed by atoms with Gasteiger partial charge in [-0.2, -0.15) is 4.98 Å². The fourth-order valence-electron chi connectivity index (χ4n) is 1.32. The van der Waals surface area contributed by atoms with Crippen LogP contribution in [0.25, 0.3) is 5.65 Å². The molecule has 0 aliphatic heterocycles. The molecular weight excluding hydrogens is 240 g/mol. The minimum atomic E-state index is -1.06. The van der Waals surface area contributed by atoms with Crippen LogP contribution in [0.4, 0.5) is 10.7 Å². The molecule has 0 fully saturated rings. The minimum absolute atomic E-state index is 0.0518. The number of hydrogen-bond donors (Lipinski definition) is 2. The lowest BCUT2D eigenvalue weighted by Gasteiger charge is -1.99. The number of fused-ring (bicyclic) bond motifs is 1. The molecule has 0 saturated heterocycles. The van der Waals surface area contributed by atoms with Crippen LogP contribution >= 0.6 is 0 Å². The second-order valence-electron chi connectivity index (χ2n) is 3.31. The molecule has 2 N–H and O–H groups in total. The molecule has 2 heterocycles. The van der Waals surface area contributed by atoms with Gasteiger partial charge in [-0.25, -0.2) is 14.1 Å². The number of aromatic nitrogens is 3. The van der Waals surface area contributed by atoms with Crippen molar-refractivity contribution in [2.75, 3.05) is 11.9 Å². The van der Waals surface area contributed by atoms with E-state index in [4.69, 9.17) is 5.11 Å². The van der Waals surface area contributed by atoms with Crippen LogP contribution in [-0.4, -0.2) is 38.4 Å². The molecule has 2 aromatic heterocycles. The maximum Gasteiger partial charge on any atom is 0.414 e. The van der Waals surface area contributed by atoms with Gasteiger partial charge in [0, 0.05) is 6.20 Å². The van der Waals surface area contributed by atoms with E-state index < -0.39 is 12.1 Å². The first-order valence-corrected chi connectivity index (χ1v) is 5.13. The van der Waals surface area contributed by atoms with Gasteiger partial charge in [-0.3, -0.25) is 5.32 Å². The largest absolute Gasteiger partial charge is 0.478 e. The van der Waals surface area contributed by atoms with Gasteiger partial charge in [-0.15, -0.1) is 5.10 Å². The number of anilines is 1. The van der Waals surface area contributed by atoms with Crippen LogP contribution in [0, 0.1) is 0 Å². The zero-order chi connectivity index (χ0) is 13.1. The number of nitrogens with one attached hydrogen (secondary N) is 1. The summed E-state index contributed by atoms with van der Waals surface area (Å²) in [7, 11) is 0. The topological polar surface area (TPSA) is 106 Å². The standard InChI is InChI=1S/C10H10N4O4/c1-2-18-10(17)12-9-11-7-4-3-6(8(15)16)5-14(7)13-9/h3-5H,2H2,1H3,(H,15,16)(H,12,13,17). The Kier molecular flexibility index (Phi) is 3.09. The smallest absolute Gasteiger partial charge is 0.414 e. The quantitative estimate of drug-likeness (QED) is 0.841. The molecule has 2 rings (SSSR count). The number of pyridine rings is 1. The van der Waals surface area contributed by atoms with Gasteiger partial charge in [0.25, 0.3) is 5.95 Å². The van der Waals surface area contributed by atoms with Crippen molar-refractivity contribution in [3.63, 3.8) is 0 Å². The van der Waals surface area contributed by atoms with Crippen LogP contribution < -0.4 is 5.32 Å². The molecule has 1 amide bonds. The average Bonchev–Trinajstić information content (AvgIpc) is 2.69. The SMILES string of the molecule is CCOC(=O)Nc1nc2ccc(C(=O)O)cn2n1. The summed E-state index contributed by atoms with van der Waals surface area (Å²) in [6.45, 7) is 1.91. The Hall–Kier alpha value is -2.64. The van der Waals surface area contributed by atoms with Crippen molar-refractivity contribution in [2.24, 2.45) is 0 Å². The molecule has 0 aliphatic carbocycles. The highest BCUT2D eigenvalue weighted by Crippen LogP contribution is 2.08. The van der Waals surface area contributed by atoms with E-state index in [1.807, 2.05) is 0 Å². The number of carboxylic acid groups (broad SMARTS) is 1. The maximum atomic E-state index is 11.1. The van der Waals surface area contributed by atoms with E-state index in [-0.39, 0.29) is 18.1 Å². The zero-order valence-electron chi connectivity index (χ0n) is 9.45. The Bertz CT molecular complexity index is 607. The van der Waals surface area contributed by atoms with Crippen molar-refractivity contribution in [3.8, 4) is 0 Å². The molecule has 94 valence electrons. The first-order valence-electron chi connectivity index (χ1n) is 5.13. The Morgan fingerprint density at radius 1 is 1.50 bits per heavy atom. The third-order valence-electron chi connectivity index (χ3n) is 2.07. The number of nitrogens with zero attached hydrogens (tertiary/aromatic N) is 3. The fourth-order valence-corrected chi connectivity index (χ4v) is 1.32. The summed E-state index contributed by atoms with van der Waals surface area (Å²) in [5.41, 5.74) is 0.502. The first kappa shape index (κ1) is 11.8. The Morgan fingerprint density at radius 3 is 2.94 bits per heavy atom. The zero-order valence-corrected chi connectivity index (χ0v) is 9.45. The highest BCUT2D eigenvalue weighted by atomic mass is 16.5.